The molecule has 1 saturated heterocycles. The predicted molar refractivity (Wildman–Crippen MR) is 64.0 cm³/mol. The van der Waals surface area contributed by atoms with E-state index < -0.39 is 0 Å². The highest BCUT2D eigenvalue weighted by molar-refractivity contribution is 4.70. The molecule has 0 aliphatic carbocycles. The number of likely N-dealkylation sites (tertiary alicyclic amines) is 1. The minimum Gasteiger partial charge on any atom is -0.395 e. The molecule has 0 aromatic rings. The molecular weight excluding hydrogens is 188 g/mol. The first-order valence-electron chi connectivity index (χ1n) is 6.26. The monoisotopic (exact) mass is 214 g/mol. The Hall–Kier alpha value is -0.120. The van der Waals surface area contributed by atoms with Crippen LogP contribution in [0.2, 0.25) is 0 Å². The fourth-order valence-corrected chi connectivity index (χ4v) is 2.21. The molecule has 15 heavy (non-hydrogen) atoms. The average Bonchev–Trinajstić information content (AvgIpc) is 2.45. The smallest absolute Gasteiger partial charge is 0.0585 e. The molecule has 1 heterocycles. The van der Waals surface area contributed by atoms with Crippen LogP contribution >= 0.6 is 0 Å². The van der Waals surface area contributed by atoms with Gasteiger partial charge in [-0.1, -0.05) is 6.92 Å². The summed E-state index contributed by atoms with van der Waals surface area (Å²) in [5, 5.41) is 12.2. The molecule has 2 unspecified atom stereocenters. The molecule has 0 aromatic carbocycles. The van der Waals surface area contributed by atoms with Gasteiger partial charge in [0.1, 0.15) is 0 Å². The number of hydrogen-bond acceptors (Lipinski definition) is 3. The van der Waals surface area contributed by atoms with Crippen molar-refractivity contribution in [2.24, 2.45) is 5.92 Å². The molecule has 90 valence electrons. The lowest BCUT2D eigenvalue weighted by atomic mass is 10.0. The lowest BCUT2D eigenvalue weighted by molar-refractivity contribution is 0.212. The largest absolute Gasteiger partial charge is 0.395 e. The molecule has 0 saturated carbocycles. The SMILES string of the molecule is CNC(CO)CCN1CCCC(C)CC1. The van der Waals surface area contributed by atoms with Crippen molar-refractivity contribution in [3.63, 3.8) is 0 Å². The summed E-state index contributed by atoms with van der Waals surface area (Å²) in [6.07, 6.45) is 5.11. The molecule has 1 rings (SSSR count). The minimum absolute atomic E-state index is 0.251. The Balaban J connectivity index is 2.19. The van der Waals surface area contributed by atoms with Gasteiger partial charge in [-0.3, -0.25) is 0 Å². The second kappa shape index (κ2) is 7.20. The highest BCUT2D eigenvalue weighted by Gasteiger charge is 2.14. The normalized spacial score (nSPS) is 26.2. The van der Waals surface area contributed by atoms with Gasteiger partial charge in [0.05, 0.1) is 6.61 Å². The second-order valence-electron chi connectivity index (χ2n) is 4.83. The molecule has 2 atom stereocenters. The van der Waals surface area contributed by atoms with Gasteiger partial charge in [0.15, 0.2) is 0 Å². The van der Waals surface area contributed by atoms with Crippen molar-refractivity contribution >= 4 is 0 Å². The van der Waals surface area contributed by atoms with Crippen LogP contribution in [0.4, 0.5) is 0 Å². The Morgan fingerprint density at radius 1 is 1.40 bits per heavy atom. The molecule has 1 aliphatic heterocycles. The molecule has 1 aliphatic rings. The van der Waals surface area contributed by atoms with E-state index in [9.17, 15) is 0 Å². The standard InChI is InChI=1S/C12H26N2O/c1-11-4-3-7-14(8-5-11)9-6-12(10-15)13-2/h11-13,15H,3-10H2,1-2H3. The summed E-state index contributed by atoms with van der Waals surface area (Å²) >= 11 is 0. The van der Waals surface area contributed by atoms with Gasteiger partial charge in [0.2, 0.25) is 0 Å². The number of rotatable bonds is 5. The lowest BCUT2D eigenvalue weighted by Crippen LogP contribution is -2.35. The number of hydrogen-bond donors (Lipinski definition) is 2. The zero-order chi connectivity index (χ0) is 11.1. The maximum atomic E-state index is 9.07. The highest BCUT2D eigenvalue weighted by atomic mass is 16.3. The summed E-state index contributed by atoms with van der Waals surface area (Å²) in [7, 11) is 1.92. The first-order valence-corrected chi connectivity index (χ1v) is 6.26. The number of likely N-dealkylation sites (N-methyl/N-ethyl adjacent to an activating group) is 1. The van der Waals surface area contributed by atoms with E-state index in [0.29, 0.717) is 0 Å². The van der Waals surface area contributed by atoms with E-state index in [-0.39, 0.29) is 12.6 Å². The Morgan fingerprint density at radius 2 is 2.20 bits per heavy atom. The number of nitrogens with one attached hydrogen (secondary N) is 1. The predicted octanol–water partition coefficient (Wildman–Crippen LogP) is 1.08. The maximum absolute atomic E-state index is 9.07. The van der Waals surface area contributed by atoms with Crippen LogP contribution in [-0.2, 0) is 0 Å². The van der Waals surface area contributed by atoms with Crippen LogP contribution in [0.15, 0.2) is 0 Å². The summed E-state index contributed by atoms with van der Waals surface area (Å²) in [5.41, 5.74) is 0. The third-order valence-electron chi connectivity index (χ3n) is 3.53. The fourth-order valence-electron chi connectivity index (χ4n) is 2.21. The summed E-state index contributed by atoms with van der Waals surface area (Å²) < 4.78 is 0. The van der Waals surface area contributed by atoms with Crippen molar-refractivity contribution in [2.45, 2.75) is 38.6 Å². The van der Waals surface area contributed by atoms with E-state index in [1.807, 2.05) is 7.05 Å². The van der Waals surface area contributed by atoms with Gasteiger partial charge in [-0.25, -0.2) is 0 Å². The van der Waals surface area contributed by atoms with Crippen LogP contribution in [0.25, 0.3) is 0 Å². The van der Waals surface area contributed by atoms with E-state index >= 15 is 0 Å². The molecule has 3 nitrogen and oxygen atoms in total. The number of aliphatic hydroxyl groups excluding tert-OH is 1. The molecule has 1 fully saturated rings. The molecular formula is C12H26N2O. The number of nitrogens with zero attached hydrogens (tertiary/aromatic N) is 1. The average molecular weight is 214 g/mol. The fraction of sp³-hybridized carbons (Fsp3) is 1.00. The molecule has 0 bridgehead atoms. The van der Waals surface area contributed by atoms with Crippen LogP contribution in [0, 0.1) is 5.92 Å². The topological polar surface area (TPSA) is 35.5 Å². The van der Waals surface area contributed by atoms with E-state index in [1.54, 1.807) is 0 Å². The lowest BCUT2D eigenvalue weighted by Gasteiger charge is -2.22. The van der Waals surface area contributed by atoms with Crippen molar-refractivity contribution < 1.29 is 5.11 Å². The third kappa shape index (κ3) is 4.96. The molecule has 0 spiro atoms. The summed E-state index contributed by atoms with van der Waals surface area (Å²) in [4.78, 5) is 2.55. The van der Waals surface area contributed by atoms with Gasteiger partial charge in [0.25, 0.3) is 0 Å². The van der Waals surface area contributed by atoms with E-state index in [4.69, 9.17) is 5.11 Å². The Morgan fingerprint density at radius 3 is 2.87 bits per heavy atom. The quantitative estimate of drug-likeness (QED) is 0.719. The van der Waals surface area contributed by atoms with Crippen molar-refractivity contribution in [3.8, 4) is 0 Å². The first-order chi connectivity index (χ1) is 7.26. The Bertz CT molecular complexity index is 160. The molecule has 2 N–H and O–H groups in total. The maximum Gasteiger partial charge on any atom is 0.0585 e. The van der Waals surface area contributed by atoms with Crippen LogP contribution in [0.3, 0.4) is 0 Å². The van der Waals surface area contributed by atoms with Crippen LogP contribution < -0.4 is 5.32 Å². The second-order valence-corrected chi connectivity index (χ2v) is 4.83. The molecule has 0 radical (unpaired) electrons. The van der Waals surface area contributed by atoms with Crippen molar-refractivity contribution in [2.75, 3.05) is 33.3 Å². The zero-order valence-electron chi connectivity index (χ0n) is 10.2. The Labute approximate surface area is 93.9 Å². The van der Waals surface area contributed by atoms with Crippen LogP contribution in [0.5, 0.6) is 0 Å². The molecule has 0 aromatic heterocycles. The van der Waals surface area contributed by atoms with E-state index in [0.717, 1.165) is 18.9 Å². The van der Waals surface area contributed by atoms with Crippen molar-refractivity contribution in [1.29, 1.82) is 0 Å². The van der Waals surface area contributed by atoms with Crippen molar-refractivity contribution in [1.82, 2.24) is 10.2 Å². The summed E-state index contributed by atoms with van der Waals surface area (Å²) in [6.45, 7) is 6.21. The van der Waals surface area contributed by atoms with Gasteiger partial charge in [-0.15, -0.1) is 0 Å². The van der Waals surface area contributed by atoms with Gasteiger partial charge >= 0.3 is 0 Å². The van der Waals surface area contributed by atoms with Crippen LogP contribution in [0.1, 0.15) is 32.6 Å². The van der Waals surface area contributed by atoms with Gasteiger partial charge in [-0.05, 0) is 58.3 Å². The molecule has 0 amide bonds. The highest BCUT2D eigenvalue weighted by Crippen LogP contribution is 2.16. The number of aliphatic hydroxyl groups is 1. The Kier molecular flexibility index (Phi) is 6.22. The zero-order valence-corrected chi connectivity index (χ0v) is 10.2. The summed E-state index contributed by atoms with van der Waals surface area (Å²) in [6, 6.07) is 0.269. The minimum atomic E-state index is 0.251. The van der Waals surface area contributed by atoms with E-state index in [2.05, 4.69) is 17.1 Å². The van der Waals surface area contributed by atoms with Gasteiger partial charge in [0, 0.05) is 6.04 Å². The third-order valence-corrected chi connectivity index (χ3v) is 3.53. The molecule has 3 heteroatoms. The summed E-state index contributed by atoms with van der Waals surface area (Å²) in [5.74, 6) is 0.896. The van der Waals surface area contributed by atoms with Gasteiger partial charge in [-0.2, -0.15) is 0 Å². The van der Waals surface area contributed by atoms with Crippen LogP contribution in [-0.4, -0.2) is 49.3 Å². The first kappa shape index (κ1) is 12.9. The van der Waals surface area contributed by atoms with Gasteiger partial charge < -0.3 is 15.3 Å². The van der Waals surface area contributed by atoms with Crippen molar-refractivity contribution in [3.05, 3.63) is 0 Å². The van der Waals surface area contributed by atoms with E-state index in [1.165, 1.54) is 32.4 Å².